The lowest BCUT2D eigenvalue weighted by Crippen LogP contribution is -2.32. The van der Waals surface area contributed by atoms with Crippen LogP contribution < -0.4 is 5.48 Å². The smallest absolute Gasteiger partial charge is 0.414 e. The van der Waals surface area contributed by atoms with Crippen LogP contribution in [0.4, 0.5) is 0 Å². The van der Waals surface area contributed by atoms with Gasteiger partial charge in [0.15, 0.2) is 0 Å². The van der Waals surface area contributed by atoms with Crippen molar-refractivity contribution in [1.29, 1.82) is 0 Å². The van der Waals surface area contributed by atoms with Crippen molar-refractivity contribution in [1.82, 2.24) is 5.48 Å². The summed E-state index contributed by atoms with van der Waals surface area (Å²) in [6, 6.07) is 0. The van der Waals surface area contributed by atoms with E-state index < -0.39 is 0 Å². The molecule has 0 atom stereocenters. The molecule has 1 radical (unpaired) electrons. The van der Waals surface area contributed by atoms with E-state index in [1.807, 2.05) is 0 Å². The van der Waals surface area contributed by atoms with Crippen molar-refractivity contribution in [3.05, 3.63) is 0 Å². The average molecular weight is 104 g/mol. The van der Waals surface area contributed by atoms with Gasteiger partial charge in [0.1, 0.15) is 0 Å². The minimum absolute atomic E-state index is 0.500. The van der Waals surface area contributed by atoms with Crippen molar-refractivity contribution < 1.29 is 14.7 Å². The van der Waals surface area contributed by atoms with Gasteiger partial charge in [-0.1, -0.05) is 0 Å². The van der Waals surface area contributed by atoms with Crippen molar-refractivity contribution in [2.24, 2.45) is 0 Å². The van der Waals surface area contributed by atoms with Crippen LogP contribution in [0.15, 0.2) is 0 Å². The quantitative estimate of drug-likeness (QED) is 0.419. The second-order valence-corrected chi connectivity index (χ2v) is 0.834. The van der Waals surface area contributed by atoms with E-state index in [4.69, 9.17) is 9.90 Å². The maximum atomic E-state index is 8.24. The molecule has 1 saturated heterocycles. The molecule has 1 heterocycles. The Morgan fingerprint density at radius 3 is 2.00 bits per heavy atom. The van der Waals surface area contributed by atoms with Crippen molar-refractivity contribution >= 4 is 6.47 Å². The second-order valence-electron chi connectivity index (χ2n) is 0.834. The minimum atomic E-state index is 0.500. The third-order valence-corrected chi connectivity index (χ3v) is 0.408. The maximum absolute atomic E-state index is 8.24. The van der Waals surface area contributed by atoms with Crippen LogP contribution >= 0.6 is 0 Å². The van der Waals surface area contributed by atoms with Gasteiger partial charge in [-0.25, -0.2) is 10.3 Å². The van der Waals surface area contributed by atoms with E-state index >= 15 is 0 Å². The number of rotatable bonds is 0. The zero-order valence-electron chi connectivity index (χ0n) is 3.68. The van der Waals surface area contributed by atoms with E-state index in [-0.39, 0.29) is 0 Å². The first-order valence-electron chi connectivity index (χ1n) is 1.77. The zero-order chi connectivity index (χ0) is 5.54. The van der Waals surface area contributed by atoms with Gasteiger partial charge in [0.2, 0.25) is 0 Å². The van der Waals surface area contributed by atoms with Gasteiger partial charge in [0.25, 0.3) is 0 Å². The zero-order valence-corrected chi connectivity index (χ0v) is 3.68. The predicted molar refractivity (Wildman–Crippen MR) is 22.3 cm³/mol. The molecule has 0 spiro atoms. The fourth-order valence-corrected chi connectivity index (χ4v) is 0.102. The van der Waals surface area contributed by atoms with E-state index in [2.05, 4.69) is 10.3 Å². The number of hydroxylamine groups is 1. The molecule has 0 aliphatic carbocycles. The molecule has 0 saturated carbocycles. The van der Waals surface area contributed by atoms with Crippen LogP contribution in [0.1, 0.15) is 0 Å². The van der Waals surface area contributed by atoms with Crippen molar-refractivity contribution in [3.63, 3.8) is 0 Å². The summed E-state index contributed by atoms with van der Waals surface area (Å²) in [6.45, 7) is 2.42. The molecule has 2 N–H and O–H groups in total. The normalized spacial score (nSPS) is 15.4. The van der Waals surface area contributed by atoms with E-state index in [1.54, 1.807) is 0 Å². The van der Waals surface area contributed by atoms with Crippen LogP contribution in [0.5, 0.6) is 0 Å². The average Bonchev–Trinajstić information content (AvgIpc) is 1.27. The molecule has 4 heteroatoms. The summed E-state index contributed by atoms with van der Waals surface area (Å²) in [5.74, 6) is 0. The Morgan fingerprint density at radius 2 is 2.00 bits per heavy atom. The van der Waals surface area contributed by atoms with E-state index in [0.29, 0.717) is 6.47 Å². The highest BCUT2D eigenvalue weighted by Crippen LogP contribution is 1.73. The maximum Gasteiger partial charge on any atom is 0.414 e. The van der Waals surface area contributed by atoms with E-state index in [1.165, 1.54) is 0 Å². The van der Waals surface area contributed by atoms with Gasteiger partial charge in [-0.2, -0.15) is 0 Å². The Balaban J connectivity index is 0.000000110. The lowest BCUT2D eigenvalue weighted by atomic mass is 10.7. The molecule has 1 aliphatic rings. The summed E-state index contributed by atoms with van der Waals surface area (Å²) < 4.78 is 0. The highest BCUT2D eigenvalue weighted by atomic mass is 16.7. The summed E-state index contributed by atoms with van der Waals surface area (Å²) in [4.78, 5) is 12.7. The lowest BCUT2D eigenvalue weighted by Gasteiger charge is -2.10. The molecule has 41 valence electrons. The summed E-state index contributed by atoms with van der Waals surface area (Å²) in [6.07, 6.45) is 0. The number of nitrogens with one attached hydrogen (secondary N) is 1. The van der Waals surface area contributed by atoms with Gasteiger partial charge in [0.05, 0.1) is 6.61 Å². The van der Waals surface area contributed by atoms with E-state index in [0.717, 1.165) is 13.2 Å². The third-order valence-electron chi connectivity index (χ3n) is 0.408. The molecule has 0 bridgehead atoms. The topological polar surface area (TPSA) is 58.6 Å². The molecule has 0 unspecified atom stereocenters. The molecule has 4 nitrogen and oxygen atoms in total. The summed E-state index contributed by atoms with van der Waals surface area (Å²) >= 11 is 0. The molecular formula is C3H6NO3. The molecule has 1 aliphatic heterocycles. The van der Waals surface area contributed by atoms with Crippen LogP contribution in [0.2, 0.25) is 0 Å². The summed E-state index contributed by atoms with van der Waals surface area (Å²) in [7, 11) is 0. The van der Waals surface area contributed by atoms with Gasteiger partial charge < -0.3 is 9.94 Å². The summed E-state index contributed by atoms with van der Waals surface area (Å²) in [5.41, 5.74) is 2.61. The highest BCUT2D eigenvalue weighted by molar-refractivity contribution is 5.34. The van der Waals surface area contributed by atoms with E-state index in [9.17, 15) is 0 Å². The number of hydrogen-bond donors (Lipinski definition) is 2. The van der Waals surface area contributed by atoms with Gasteiger partial charge in [-0.15, -0.1) is 0 Å². The fraction of sp³-hybridized carbons (Fsp3) is 0.667. The first kappa shape index (κ1) is 6.39. The third kappa shape index (κ3) is 5.39. The Bertz CT molecular complexity index is 39.4. The monoisotopic (exact) mass is 104 g/mol. The largest absolute Gasteiger partial charge is 0.473 e. The van der Waals surface area contributed by atoms with Crippen molar-refractivity contribution in [2.45, 2.75) is 0 Å². The number of aliphatic hydroxyl groups excluding tert-OH is 1. The van der Waals surface area contributed by atoms with Crippen LogP contribution in [0, 0.1) is 0 Å². The Hall–Kier alpha value is -0.610. The van der Waals surface area contributed by atoms with Crippen molar-refractivity contribution in [2.75, 3.05) is 13.2 Å². The lowest BCUT2D eigenvalue weighted by molar-refractivity contribution is -0.0478. The van der Waals surface area contributed by atoms with Crippen LogP contribution in [0.25, 0.3) is 0 Å². The molecule has 0 aromatic carbocycles. The standard InChI is InChI=1S/C2H5NO.CHO2/c1-2-4-3-1;2-1-3/h3H,1-2H2;(H,2,3). The van der Waals surface area contributed by atoms with Gasteiger partial charge in [-0.05, 0) is 0 Å². The SMILES string of the molecule is C1CON1.O=[C]O. The van der Waals surface area contributed by atoms with Crippen LogP contribution in [0.3, 0.4) is 0 Å². The summed E-state index contributed by atoms with van der Waals surface area (Å²) in [5, 5.41) is 6.76. The van der Waals surface area contributed by atoms with Gasteiger partial charge >= 0.3 is 6.47 Å². The molecule has 1 fully saturated rings. The van der Waals surface area contributed by atoms with Crippen molar-refractivity contribution in [3.8, 4) is 0 Å². The second kappa shape index (κ2) is 5.39. The first-order valence-corrected chi connectivity index (χ1v) is 1.77. The highest BCUT2D eigenvalue weighted by Gasteiger charge is 1.92. The molecular weight excluding hydrogens is 98.0 g/mol. The molecule has 7 heavy (non-hydrogen) atoms. The first-order chi connectivity index (χ1) is 3.41. The Kier molecular flexibility index (Phi) is 4.92. The molecule has 0 amide bonds. The van der Waals surface area contributed by atoms with Crippen LogP contribution in [-0.4, -0.2) is 24.7 Å². The minimum Gasteiger partial charge on any atom is -0.473 e. The van der Waals surface area contributed by atoms with Crippen LogP contribution in [-0.2, 0) is 9.63 Å². The van der Waals surface area contributed by atoms with Gasteiger partial charge in [-0.3, -0.25) is 0 Å². The number of hydrogen-bond acceptors (Lipinski definition) is 3. The fourth-order valence-electron chi connectivity index (χ4n) is 0.102. The molecule has 1 rings (SSSR count). The Labute approximate surface area is 41.0 Å². The molecule has 0 aromatic heterocycles. The Morgan fingerprint density at radius 1 is 1.86 bits per heavy atom. The predicted octanol–water partition coefficient (Wildman–Crippen LogP) is -0.867. The molecule has 0 aromatic rings. The van der Waals surface area contributed by atoms with Gasteiger partial charge in [0, 0.05) is 6.54 Å².